The highest BCUT2D eigenvalue weighted by atomic mass is 32.2. The number of nitriles is 1. The Hall–Kier alpha value is -2.86. The number of nitrogens with one attached hydrogen (secondary N) is 1. The van der Waals surface area contributed by atoms with Crippen molar-refractivity contribution in [1.82, 2.24) is 14.5 Å². The average Bonchev–Trinajstić information content (AvgIpc) is 2.56. The van der Waals surface area contributed by atoms with Crippen LogP contribution in [0.2, 0.25) is 0 Å². The standard InChI is InChI=1S/C16H17N5O3S/c1-7-8(2)10(5-17)15(19-9(7)3)25-6-11(22)12-13(18)21(4)16(24)20-14(12)23/h6,18H2,1-4H3,(H,20,23,24). The first-order valence-corrected chi connectivity index (χ1v) is 8.30. The number of nitrogen functional groups attached to an aromatic ring is 1. The number of carbonyl (C=O) groups excluding carboxylic acids is 1. The van der Waals surface area contributed by atoms with Gasteiger partial charge in [-0.05, 0) is 31.9 Å². The molecule has 25 heavy (non-hydrogen) atoms. The monoisotopic (exact) mass is 359 g/mol. The number of Topliss-reactive ketones (excluding diaryl/α,β-unsaturated/α-hetero) is 1. The summed E-state index contributed by atoms with van der Waals surface area (Å²) in [5, 5.41) is 9.78. The molecule has 2 aromatic rings. The van der Waals surface area contributed by atoms with Gasteiger partial charge >= 0.3 is 5.69 Å². The molecule has 0 aromatic carbocycles. The van der Waals surface area contributed by atoms with E-state index in [0.717, 1.165) is 33.1 Å². The number of hydrogen-bond donors (Lipinski definition) is 2. The number of aromatic nitrogens is 3. The van der Waals surface area contributed by atoms with Crippen molar-refractivity contribution < 1.29 is 4.79 Å². The number of nitrogens with two attached hydrogens (primary N) is 1. The summed E-state index contributed by atoms with van der Waals surface area (Å²) in [5.41, 5.74) is 6.85. The molecule has 0 unspecified atom stereocenters. The predicted molar refractivity (Wildman–Crippen MR) is 94.9 cm³/mol. The van der Waals surface area contributed by atoms with Crippen molar-refractivity contribution in [2.75, 3.05) is 11.5 Å². The minimum Gasteiger partial charge on any atom is -0.384 e. The molecule has 0 spiro atoms. The lowest BCUT2D eigenvalue weighted by atomic mass is 10.1. The van der Waals surface area contributed by atoms with Gasteiger partial charge < -0.3 is 5.73 Å². The topological polar surface area (TPSA) is 135 Å². The summed E-state index contributed by atoms with van der Waals surface area (Å²) in [6.07, 6.45) is 0. The zero-order valence-corrected chi connectivity index (χ0v) is 15.1. The third-order valence-electron chi connectivity index (χ3n) is 4.06. The van der Waals surface area contributed by atoms with Gasteiger partial charge in [-0.25, -0.2) is 9.78 Å². The number of aryl methyl sites for hydroxylation is 1. The number of nitrogens with zero attached hydrogens (tertiary/aromatic N) is 3. The second kappa shape index (κ2) is 6.94. The number of H-pyrrole nitrogens is 1. The Kier molecular flexibility index (Phi) is 5.13. The molecule has 2 aromatic heterocycles. The van der Waals surface area contributed by atoms with Crippen molar-refractivity contribution in [3.63, 3.8) is 0 Å². The second-order valence-electron chi connectivity index (χ2n) is 5.53. The van der Waals surface area contributed by atoms with Gasteiger partial charge in [0.15, 0.2) is 5.78 Å². The van der Waals surface area contributed by atoms with Gasteiger partial charge in [0.1, 0.15) is 22.5 Å². The molecule has 0 fully saturated rings. The zero-order chi connectivity index (χ0) is 18.9. The molecular formula is C16H17N5O3S. The Balaban J connectivity index is 2.37. The van der Waals surface area contributed by atoms with E-state index >= 15 is 0 Å². The van der Waals surface area contributed by atoms with Crippen LogP contribution < -0.4 is 17.0 Å². The van der Waals surface area contributed by atoms with Crippen molar-refractivity contribution in [3.05, 3.63) is 48.8 Å². The van der Waals surface area contributed by atoms with Crippen LogP contribution in [0, 0.1) is 32.1 Å². The van der Waals surface area contributed by atoms with E-state index in [-0.39, 0.29) is 17.1 Å². The number of anilines is 1. The molecule has 2 rings (SSSR count). The molecule has 130 valence electrons. The third kappa shape index (κ3) is 3.34. The molecule has 8 nitrogen and oxygen atoms in total. The Labute approximate surface area is 147 Å². The fourth-order valence-corrected chi connectivity index (χ4v) is 3.22. The third-order valence-corrected chi connectivity index (χ3v) is 5.04. The quantitative estimate of drug-likeness (QED) is 0.609. The number of aromatic amines is 1. The Morgan fingerprint density at radius 1 is 1.32 bits per heavy atom. The molecule has 0 saturated carbocycles. The maximum Gasteiger partial charge on any atom is 0.329 e. The van der Waals surface area contributed by atoms with Crippen molar-refractivity contribution in [3.8, 4) is 6.07 Å². The van der Waals surface area contributed by atoms with Crippen LogP contribution in [0.1, 0.15) is 32.7 Å². The maximum absolute atomic E-state index is 12.4. The number of rotatable bonds is 4. The molecule has 0 saturated heterocycles. The van der Waals surface area contributed by atoms with E-state index in [0.29, 0.717) is 10.6 Å². The van der Waals surface area contributed by atoms with Crippen molar-refractivity contribution >= 4 is 23.4 Å². The minimum absolute atomic E-state index is 0.130. The molecule has 0 aliphatic heterocycles. The molecule has 0 aliphatic rings. The van der Waals surface area contributed by atoms with Crippen LogP contribution >= 0.6 is 11.8 Å². The van der Waals surface area contributed by atoms with Gasteiger partial charge in [-0.2, -0.15) is 5.26 Å². The molecule has 0 radical (unpaired) electrons. The second-order valence-corrected chi connectivity index (χ2v) is 6.49. The highest BCUT2D eigenvalue weighted by molar-refractivity contribution is 8.00. The first kappa shape index (κ1) is 18.5. The van der Waals surface area contributed by atoms with Crippen LogP contribution in [0.25, 0.3) is 0 Å². The Bertz CT molecular complexity index is 1030. The molecule has 0 bridgehead atoms. The number of carbonyl (C=O) groups is 1. The predicted octanol–water partition coefficient (Wildman–Crippen LogP) is 0.823. The summed E-state index contributed by atoms with van der Waals surface area (Å²) >= 11 is 1.06. The van der Waals surface area contributed by atoms with Crippen molar-refractivity contribution in [1.29, 1.82) is 5.26 Å². The average molecular weight is 359 g/mol. The molecule has 2 heterocycles. The van der Waals surface area contributed by atoms with Crippen molar-refractivity contribution in [2.24, 2.45) is 7.05 Å². The fraction of sp³-hybridized carbons (Fsp3) is 0.312. The lowest BCUT2D eigenvalue weighted by molar-refractivity contribution is 0.102. The lowest BCUT2D eigenvalue weighted by Gasteiger charge is -2.11. The first-order valence-electron chi connectivity index (χ1n) is 7.31. The first-order chi connectivity index (χ1) is 11.7. The summed E-state index contributed by atoms with van der Waals surface area (Å²) in [6, 6.07) is 2.10. The highest BCUT2D eigenvalue weighted by Gasteiger charge is 2.20. The van der Waals surface area contributed by atoms with Gasteiger partial charge in [-0.1, -0.05) is 11.8 Å². The number of ketones is 1. The van der Waals surface area contributed by atoms with E-state index in [1.54, 1.807) is 0 Å². The Morgan fingerprint density at radius 2 is 1.96 bits per heavy atom. The van der Waals surface area contributed by atoms with Crippen LogP contribution in [-0.2, 0) is 7.05 Å². The van der Waals surface area contributed by atoms with E-state index in [2.05, 4.69) is 11.1 Å². The summed E-state index contributed by atoms with van der Waals surface area (Å²) < 4.78 is 0.998. The lowest BCUT2D eigenvalue weighted by Crippen LogP contribution is -2.35. The minimum atomic E-state index is -0.823. The van der Waals surface area contributed by atoms with Gasteiger partial charge in [0, 0.05) is 12.7 Å². The van der Waals surface area contributed by atoms with Gasteiger partial charge in [-0.15, -0.1) is 0 Å². The van der Waals surface area contributed by atoms with E-state index in [4.69, 9.17) is 5.73 Å². The van der Waals surface area contributed by atoms with Gasteiger partial charge in [-0.3, -0.25) is 19.1 Å². The van der Waals surface area contributed by atoms with E-state index < -0.39 is 17.0 Å². The summed E-state index contributed by atoms with van der Waals surface area (Å²) in [4.78, 5) is 42.2. The summed E-state index contributed by atoms with van der Waals surface area (Å²) in [6.45, 7) is 5.53. The molecule has 0 aliphatic carbocycles. The molecule has 3 N–H and O–H groups in total. The van der Waals surface area contributed by atoms with Crippen LogP contribution in [0.3, 0.4) is 0 Å². The van der Waals surface area contributed by atoms with Crippen LogP contribution in [0.5, 0.6) is 0 Å². The van der Waals surface area contributed by atoms with E-state index in [1.807, 2.05) is 25.8 Å². The molecule has 0 amide bonds. The van der Waals surface area contributed by atoms with Crippen molar-refractivity contribution in [2.45, 2.75) is 25.8 Å². The number of hydrogen-bond acceptors (Lipinski definition) is 7. The maximum atomic E-state index is 12.4. The summed E-state index contributed by atoms with van der Waals surface area (Å²) in [7, 11) is 1.36. The zero-order valence-electron chi connectivity index (χ0n) is 14.3. The SMILES string of the molecule is Cc1nc(SCC(=O)c2c(N)n(C)c(=O)[nH]c2=O)c(C#N)c(C)c1C. The van der Waals surface area contributed by atoms with Crippen LogP contribution in [0.4, 0.5) is 5.82 Å². The summed E-state index contributed by atoms with van der Waals surface area (Å²) in [5.74, 6) is -0.861. The normalized spacial score (nSPS) is 10.5. The van der Waals surface area contributed by atoms with Gasteiger partial charge in [0.25, 0.3) is 5.56 Å². The van der Waals surface area contributed by atoms with Gasteiger partial charge in [0.05, 0.1) is 11.3 Å². The largest absolute Gasteiger partial charge is 0.384 e. The fourth-order valence-electron chi connectivity index (χ4n) is 2.26. The van der Waals surface area contributed by atoms with Crippen LogP contribution in [-0.4, -0.2) is 26.1 Å². The molecule has 0 atom stereocenters. The van der Waals surface area contributed by atoms with Crippen LogP contribution in [0.15, 0.2) is 14.6 Å². The molecular weight excluding hydrogens is 342 g/mol. The molecule has 9 heteroatoms. The number of thioether (sulfide) groups is 1. The van der Waals surface area contributed by atoms with E-state index in [9.17, 15) is 19.6 Å². The van der Waals surface area contributed by atoms with E-state index in [1.165, 1.54) is 7.05 Å². The highest BCUT2D eigenvalue weighted by Crippen LogP contribution is 2.27. The smallest absolute Gasteiger partial charge is 0.329 e. The number of pyridine rings is 1. The Morgan fingerprint density at radius 3 is 2.56 bits per heavy atom. The van der Waals surface area contributed by atoms with Gasteiger partial charge in [0.2, 0.25) is 0 Å².